The summed E-state index contributed by atoms with van der Waals surface area (Å²) in [5.41, 5.74) is 1.96. The maximum absolute atomic E-state index is 12.9. The molecule has 0 saturated heterocycles. The van der Waals surface area contributed by atoms with E-state index in [0.29, 0.717) is 29.7 Å². The Kier molecular flexibility index (Phi) is 6.55. The van der Waals surface area contributed by atoms with Gasteiger partial charge in [0.25, 0.3) is 0 Å². The third kappa shape index (κ3) is 5.12. The first-order chi connectivity index (χ1) is 15.9. The van der Waals surface area contributed by atoms with Gasteiger partial charge in [-0.2, -0.15) is 0 Å². The summed E-state index contributed by atoms with van der Waals surface area (Å²) in [4.78, 5) is 12.7. The number of benzene rings is 2. The fourth-order valence-corrected chi connectivity index (χ4v) is 4.77. The van der Waals surface area contributed by atoms with Crippen molar-refractivity contribution in [1.82, 2.24) is 15.0 Å². The highest BCUT2D eigenvalue weighted by Gasteiger charge is 2.18. The van der Waals surface area contributed by atoms with Gasteiger partial charge in [-0.3, -0.25) is 4.98 Å². The molecule has 2 aromatic heterocycles. The molecule has 33 heavy (non-hydrogen) atoms. The van der Waals surface area contributed by atoms with E-state index in [2.05, 4.69) is 28.8 Å². The van der Waals surface area contributed by atoms with Crippen LogP contribution in [0.15, 0.2) is 72.1 Å². The third-order valence-electron chi connectivity index (χ3n) is 5.09. The molecule has 0 bridgehead atoms. The van der Waals surface area contributed by atoms with Crippen molar-refractivity contribution in [2.24, 2.45) is 5.92 Å². The van der Waals surface area contributed by atoms with Crippen LogP contribution in [0.5, 0.6) is 11.5 Å². The van der Waals surface area contributed by atoms with Crippen LogP contribution in [-0.4, -0.2) is 37.1 Å². The number of rotatable bonds is 8. The molecule has 8 heteroatoms. The molecule has 0 aliphatic heterocycles. The summed E-state index contributed by atoms with van der Waals surface area (Å²) in [6.45, 7) is 4.79. The minimum Gasteiger partial charge on any atom is -0.496 e. The van der Waals surface area contributed by atoms with E-state index in [1.54, 1.807) is 43.6 Å². The predicted molar refractivity (Wildman–Crippen MR) is 127 cm³/mol. The molecule has 0 amide bonds. The summed E-state index contributed by atoms with van der Waals surface area (Å²) in [6, 6.07) is 14.1. The second kappa shape index (κ2) is 9.54. The van der Waals surface area contributed by atoms with Gasteiger partial charge in [-0.25, -0.2) is 18.4 Å². The summed E-state index contributed by atoms with van der Waals surface area (Å²) in [5.74, 6) is 1.58. The fraction of sp³-hybridized carbons (Fsp3) is 0.240. The zero-order chi connectivity index (χ0) is 23.4. The second-order valence-corrected chi connectivity index (χ2v) is 10.1. The predicted octanol–water partition coefficient (Wildman–Crippen LogP) is 4.71. The molecule has 0 fully saturated rings. The molecule has 170 valence electrons. The molecule has 7 nitrogen and oxygen atoms in total. The van der Waals surface area contributed by atoms with Crippen LogP contribution in [-0.2, 0) is 15.6 Å². The van der Waals surface area contributed by atoms with Crippen molar-refractivity contribution in [1.29, 1.82) is 0 Å². The van der Waals surface area contributed by atoms with Crippen LogP contribution in [0, 0.1) is 5.92 Å². The maximum atomic E-state index is 12.9. The first kappa shape index (κ1) is 22.7. The summed E-state index contributed by atoms with van der Waals surface area (Å²) in [7, 11) is -1.96. The zero-order valence-corrected chi connectivity index (χ0v) is 19.5. The Morgan fingerprint density at radius 1 is 0.970 bits per heavy atom. The summed E-state index contributed by atoms with van der Waals surface area (Å²) in [5, 5.41) is 1.60. The maximum Gasteiger partial charge on any atom is 0.184 e. The van der Waals surface area contributed by atoms with Crippen molar-refractivity contribution in [3.63, 3.8) is 0 Å². The molecule has 0 aliphatic carbocycles. The van der Waals surface area contributed by atoms with Crippen molar-refractivity contribution in [2.75, 3.05) is 13.7 Å². The lowest BCUT2D eigenvalue weighted by molar-refractivity contribution is 0.269. The van der Waals surface area contributed by atoms with Gasteiger partial charge in [0.15, 0.2) is 9.84 Å². The van der Waals surface area contributed by atoms with Crippen molar-refractivity contribution < 1.29 is 17.9 Å². The number of pyridine rings is 1. The monoisotopic (exact) mass is 463 g/mol. The molecular weight excluding hydrogens is 438 g/mol. The quantitative estimate of drug-likeness (QED) is 0.374. The van der Waals surface area contributed by atoms with Gasteiger partial charge in [0, 0.05) is 29.4 Å². The van der Waals surface area contributed by atoms with E-state index in [0.717, 1.165) is 22.1 Å². The van der Waals surface area contributed by atoms with Crippen molar-refractivity contribution in [2.45, 2.75) is 24.5 Å². The molecule has 2 aromatic carbocycles. The fourth-order valence-electron chi connectivity index (χ4n) is 3.47. The van der Waals surface area contributed by atoms with Crippen molar-refractivity contribution in [3.05, 3.63) is 72.9 Å². The molecule has 0 saturated carbocycles. The largest absolute Gasteiger partial charge is 0.496 e. The Balaban J connectivity index is 1.71. The lowest BCUT2D eigenvalue weighted by atomic mass is 10.0. The Hall–Kier alpha value is -3.52. The van der Waals surface area contributed by atoms with E-state index in [-0.39, 0.29) is 10.6 Å². The number of aromatic nitrogens is 3. The number of hydrogen-bond donors (Lipinski definition) is 0. The van der Waals surface area contributed by atoms with Crippen LogP contribution in [0.1, 0.15) is 19.5 Å². The van der Waals surface area contributed by atoms with Gasteiger partial charge in [-0.05, 0) is 47.7 Å². The van der Waals surface area contributed by atoms with E-state index in [4.69, 9.17) is 9.47 Å². The molecule has 0 atom stereocenters. The van der Waals surface area contributed by atoms with Gasteiger partial charge < -0.3 is 9.47 Å². The van der Waals surface area contributed by atoms with Gasteiger partial charge in [-0.1, -0.05) is 19.9 Å². The number of sulfone groups is 1. The molecule has 4 aromatic rings. The van der Waals surface area contributed by atoms with Crippen molar-refractivity contribution in [3.8, 4) is 22.8 Å². The Bertz CT molecular complexity index is 1370. The normalized spacial score (nSPS) is 11.6. The van der Waals surface area contributed by atoms with E-state index in [1.165, 1.54) is 12.5 Å². The average Bonchev–Trinajstić information content (AvgIpc) is 2.82. The third-order valence-corrected chi connectivity index (χ3v) is 6.74. The lowest BCUT2D eigenvalue weighted by Gasteiger charge is -2.14. The summed E-state index contributed by atoms with van der Waals surface area (Å²) < 4.78 is 37.3. The zero-order valence-electron chi connectivity index (χ0n) is 18.7. The number of fused-ring (bicyclic) bond motifs is 1. The minimum absolute atomic E-state index is 0.190. The second-order valence-electron chi connectivity index (χ2n) is 8.07. The van der Waals surface area contributed by atoms with Crippen LogP contribution < -0.4 is 9.47 Å². The van der Waals surface area contributed by atoms with Crippen LogP contribution in [0.2, 0.25) is 0 Å². The molecule has 0 unspecified atom stereocenters. The SMILES string of the molecule is COc1cc(OCC(C)C)ccc1-c1nccc2cc(S(=O)(=O)Cc3ccncn3)ccc12. The molecule has 0 spiro atoms. The highest BCUT2D eigenvalue weighted by molar-refractivity contribution is 7.90. The van der Waals surface area contributed by atoms with E-state index >= 15 is 0 Å². The Morgan fingerprint density at radius 2 is 1.82 bits per heavy atom. The standard InChI is InChI=1S/C25H25N3O4S/c1-17(2)14-32-20-4-6-23(24(13-20)31-3)25-22-7-5-21(12-18(22)8-11-27-25)33(29,30)15-19-9-10-26-16-28-19/h4-13,16-17H,14-15H2,1-3H3. The van der Waals surface area contributed by atoms with E-state index in [9.17, 15) is 8.42 Å². The van der Waals surface area contributed by atoms with Crippen LogP contribution >= 0.6 is 0 Å². The van der Waals surface area contributed by atoms with Crippen LogP contribution in [0.25, 0.3) is 22.0 Å². The smallest absolute Gasteiger partial charge is 0.184 e. The molecular formula is C25H25N3O4S. The average molecular weight is 464 g/mol. The Morgan fingerprint density at radius 3 is 2.55 bits per heavy atom. The topological polar surface area (TPSA) is 91.3 Å². The number of hydrogen-bond acceptors (Lipinski definition) is 7. The molecule has 4 rings (SSSR count). The highest BCUT2D eigenvalue weighted by Crippen LogP contribution is 2.36. The van der Waals surface area contributed by atoms with Gasteiger partial charge in [-0.15, -0.1) is 0 Å². The van der Waals surface area contributed by atoms with Gasteiger partial charge in [0.1, 0.15) is 17.8 Å². The van der Waals surface area contributed by atoms with Gasteiger partial charge >= 0.3 is 0 Å². The minimum atomic E-state index is -3.57. The van der Waals surface area contributed by atoms with Crippen LogP contribution in [0.3, 0.4) is 0 Å². The molecule has 0 radical (unpaired) electrons. The van der Waals surface area contributed by atoms with Crippen LogP contribution in [0.4, 0.5) is 0 Å². The van der Waals surface area contributed by atoms with E-state index in [1.807, 2.05) is 18.2 Å². The summed E-state index contributed by atoms with van der Waals surface area (Å²) in [6.07, 6.45) is 4.54. The molecule has 0 N–H and O–H groups in total. The first-order valence-corrected chi connectivity index (χ1v) is 12.2. The molecule has 0 aliphatic rings. The lowest BCUT2D eigenvalue weighted by Crippen LogP contribution is -2.06. The van der Waals surface area contributed by atoms with Gasteiger partial charge in [0.05, 0.1) is 35.8 Å². The summed E-state index contributed by atoms with van der Waals surface area (Å²) >= 11 is 0. The Labute approximate surface area is 193 Å². The van der Waals surface area contributed by atoms with Crippen molar-refractivity contribution >= 4 is 20.6 Å². The number of nitrogens with zero attached hydrogens (tertiary/aromatic N) is 3. The van der Waals surface area contributed by atoms with Gasteiger partial charge in [0.2, 0.25) is 0 Å². The highest BCUT2D eigenvalue weighted by atomic mass is 32.2. The first-order valence-electron chi connectivity index (χ1n) is 10.5. The van der Waals surface area contributed by atoms with E-state index < -0.39 is 9.84 Å². The molecule has 2 heterocycles. The number of ether oxygens (including phenoxy) is 2. The number of methoxy groups -OCH3 is 1.